The van der Waals surface area contributed by atoms with E-state index in [9.17, 15) is 9.59 Å². The highest BCUT2D eigenvalue weighted by atomic mass is 16.6. The number of ether oxygens (including phenoxy) is 1. The molecule has 108 valence electrons. The van der Waals surface area contributed by atoms with Gasteiger partial charge in [-0.1, -0.05) is 6.08 Å². The Hall–Kier alpha value is -1.32. The first-order chi connectivity index (χ1) is 8.70. The van der Waals surface area contributed by atoms with Crippen LogP contribution in [-0.2, 0) is 9.53 Å². The molecule has 0 unspecified atom stereocenters. The molecule has 1 fully saturated rings. The third-order valence-electron chi connectivity index (χ3n) is 3.65. The average Bonchev–Trinajstić information content (AvgIpc) is 2.27. The van der Waals surface area contributed by atoms with Gasteiger partial charge in [-0.05, 0) is 47.0 Å². The lowest BCUT2D eigenvalue weighted by atomic mass is 9.73. The Bertz CT molecular complexity index is 360. The van der Waals surface area contributed by atoms with Gasteiger partial charge < -0.3 is 9.64 Å². The van der Waals surface area contributed by atoms with E-state index in [1.807, 2.05) is 20.8 Å². The third-order valence-corrected chi connectivity index (χ3v) is 3.65. The van der Waals surface area contributed by atoms with E-state index in [1.54, 1.807) is 17.9 Å². The van der Waals surface area contributed by atoms with Crippen molar-refractivity contribution in [2.24, 2.45) is 5.41 Å². The standard InChI is InChI=1S/C15H25NO3/c1-6-7-15(12(2)17)8-10-16(11-9-15)13(18)19-14(3,4)5/h6H,1,7-11H2,2-5H3. The van der Waals surface area contributed by atoms with Crippen molar-refractivity contribution in [2.45, 2.75) is 52.6 Å². The van der Waals surface area contributed by atoms with Crippen LogP contribution in [0.15, 0.2) is 12.7 Å². The lowest BCUT2D eigenvalue weighted by Gasteiger charge is -2.40. The van der Waals surface area contributed by atoms with Crippen molar-refractivity contribution in [2.75, 3.05) is 13.1 Å². The largest absolute Gasteiger partial charge is 0.444 e. The molecule has 1 amide bonds. The Labute approximate surface area is 115 Å². The van der Waals surface area contributed by atoms with E-state index in [4.69, 9.17) is 4.74 Å². The summed E-state index contributed by atoms with van der Waals surface area (Å²) in [7, 11) is 0. The number of amides is 1. The van der Waals surface area contributed by atoms with Gasteiger partial charge in [0.25, 0.3) is 0 Å². The van der Waals surface area contributed by atoms with Gasteiger partial charge in [0.1, 0.15) is 11.4 Å². The van der Waals surface area contributed by atoms with Crippen molar-refractivity contribution in [3.05, 3.63) is 12.7 Å². The number of carbonyl (C=O) groups excluding carboxylic acids is 2. The molecular formula is C15H25NO3. The number of carbonyl (C=O) groups is 2. The Kier molecular flexibility index (Phi) is 4.77. The van der Waals surface area contributed by atoms with Gasteiger partial charge in [0, 0.05) is 18.5 Å². The molecule has 1 saturated heterocycles. The van der Waals surface area contributed by atoms with Crippen LogP contribution in [0.5, 0.6) is 0 Å². The van der Waals surface area contributed by atoms with Crippen LogP contribution in [0.3, 0.4) is 0 Å². The minimum absolute atomic E-state index is 0.191. The minimum Gasteiger partial charge on any atom is -0.444 e. The number of ketones is 1. The molecule has 0 aromatic rings. The van der Waals surface area contributed by atoms with E-state index in [2.05, 4.69) is 6.58 Å². The number of allylic oxidation sites excluding steroid dienone is 1. The minimum atomic E-state index is -0.479. The zero-order chi connectivity index (χ0) is 14.7. The Morgan fingerprint density at radius 1 is 1.32 bits per heavy atom. The summed E-state index contributed by atoms with van der Waals surface area (Å²) < 4.78 is 5.35. The monoisotopic (exact) mass is 267 g/mol. The van der Waals surface area contributed by atoms with Gasteiger partial charge in [0.15, 0.2) is 0 Å². The molecule has 0 bridgehead atoms. The van der Waals surface area contributed by atoms with Crippen molar-refractivity contribution in [1.82, 2.24) is 4.90 Å². The number of hydrogen-bond donors (Lipinski definition) is 0. The maximum absolute atomic E-state index is 12.0. The van der Waals surface area contributed by atoms with Crippen LogP contribution >= 0.6 is 0 Å². The van der Waals surface area contributed by atoms with Crippen molar-refractivity contribution >= 4 is 11.9 Å². The molecule has 1 aliphatic rings. The summed E-state index contributed by atoms with van der Waals surface area (Å²) in [5.74, 6) is 0.191. The summed E-state index contributed by atoms with van der Waals surface area (Å²) in [6.45, 7) is 12.1. The molecule has 19 heavy (non-hydrogen) atoms. The summed E-state index contributed by atoms with van der Waals surface area (Å²) in [5.41, 5.74) is -0.812. The number of piperidine rings is 1. The number of likely N-dealkylation sites (tertiary alicyclic amines) is 1. The first kappa shape index (κ1) is 15.7. The Morgan fingerprint density at radius 3 is 2.21 bits per heavy atom. The number of Topliss-reactive ketones (excluding diaryl/α,β-unsaturated/α-hetero) is 1. The van der Waals surface area contributed by atoms with Gasteiger partial charge in [-0.2, -0.15) is 0 Å². The molecular weight excluding hydrogens is 242 g/mol. The Balaban J connectivity index is 2.63. The second-order valence-electron chi connectivity index (χ2n) is 6.30. The summed E-state index contributed by atoms with van der Waals surface area (Å²) >= 11 is 0. The zero-order valence-electron chi connectivity index (χ0n) is 12.5. The fourth-order valence-electron chi connectivity index (χ4n) is 2.42. The summed E-state index contributed by atoms with van der Waals surface area (Å²) in [6, 6.07) is 0. The normalized spacial score (nSPS) is 18.8. The third kappa shape index (κ3) is 4.08. The summed E-state index contributed by atoms with van der Waals surface area (Å²) in [4.78, 5) is 25.5. The van der Waals surface area contributed by atoms with Crippen LogP contribution < -0.4 is 0 Å². The number of rotatable bonds is 3. The van der Waals surface area contributed by atoms with Crippen LogP contribution in [0.1, 0.15) is 47.0 Å². The molecule has 0 atom stereocenters. The van der Waals surface area contributed by atoms with Gasteiger partial charge >= 0.3 is 6.09 Å². The summed E-state index contributed by atoms with van der Waals surface area (Å²) in [6.07, 6.45) is 3.57. The van der Waals surface area contributed by atoms with Crippen LogP contribution in [0, 0.1) is 5.41 Å². The molecule has 0 radical (unpaired) electrons. The summed E-state index contributed by atoms with van der Waals surface area (Å²) in [5, 5.41) is 0. The molecule has 1 rings (SSSR count). The number of hydrogen-bond acceptors (Lipinski definition) is 3. The van der Waals surface area contributed by atoms with Crippen molar-refractivity contribution in [3.63, 3.8) is 0 Å². The predicted molar refractivity (Wildman–Crippen MR) is 75.0 cm³/mol. The van der Waals surface area contributed by atoms with Crippen LogP contribution in [-0.4, -0.2) is 35.5 Å². The van der Waals surface area contributed by atoms with E-state index >= 15 is 0 Å². The van der Waals surface area contributed by atoms with Gasteiger partial charge in [-0.3, -0.25) is 4.79 Å². The second kappa shape index (κ2) is 5.76. The maximum atomic E-state index is 12.0. The van der Waals surface area contributed by atoms with Crippen molar-refractivity contribution in [3.8, 4) is 0 Å². The lowest BCUT2D eigenvalue weighted by Crippen LogP contribution is -2.47. The molecule has 0 spiro atoms. The molecule has 0 N–H and O–H groups in total. The van der Waals surface area contributed by atoms with Crippen LogP contribution in [0.4, 0.5) is 4.79 Å². The van der Waals surface area contributed by atoms with E-state index in [0.29, 0.717) is 32.4 Å². The molecule has 0 aromatic carbocycles. The molecule has 1 heterocycles. The van der Waals surface area contributed by atoms with Crippen molar-refractivity contribution < 1.29 is 14.3 Å². The first-order valence-corrected chi connectivity index (χ1v) is 6.80. The van der Waals surface area contributed by atoms with E-state index in [-0.39, 0.29) is 17.3 Å². The molecule has 0 saturated carbocycles. The smallest absolute Gasteiger partial charge is 0.410 e. The zero-order valence-corrected chi connectivity index (χ0v) is 12.5. The fraction of sp³-hybridized carbons (Fsp3) is 0.733. The van der Waals surface area contributed by atoms with Crippen LogP contribution in [0.2, 0.25) is 0 Å². The highest BCUT2D eigenvalue weighted by Gasteiger charge is 2.39. The topological polar surface area (TPSA) is 46.6 Å². The highest BCUT2D eigenvalue weighted by Crippen LogP contribution is 2.36. The van der Waals surface area contributed by atoms with E-state index in [1.165, 1.54) is 0 Å². The van der Waals surface area contributed by atoms with Gasteiger partial charge in [0.2, 0.25) is 0 Å². The van der Waals surface area contributed by atoms with Gasteiger partial charge in [0.05, 0.1) is 0 Å². The van der Waals surface area contributed by atoms with Crippen LogP contribution in [0.25, 0.3) is 0 Å². The second-order valence-corrected chi connectivity index (χ2v) is 6.30. The fourth-order valence-corrected chi connectivity index (χ4v) is 2.42. The predicted octanol–water partition coefficient (Wildman–Crippen LogP) is 3.17. The van der Waals surface area contributed by atoms with E-state index < -0.39 is 5.60 Å². The highest BCUT2D eigenvalue weighted by molar-refractivity contribution is 5.83. The quantitative estimate of drug-likeness (QED) is 0.738. The Morgan fingerprint density at radius 2 is 1.84 bits per heavy atom. The molecule has 4 nitrogen and oxygen atoms in total. The number of nitrogens with zero attached hydrogens (tertiary/aromatic N) is 1. The van der Waals surface area contributed by atoms with Gasteiger partial charge in [-0.25, -0.2) is 4.79 Å². The maximum Gasteiger partial charge on any atom is 0.410 e. The van der Waals surface area contributed by atoms with E-state index in [0.717, 1.165) is 0 Å². The average molecular weight is 267 g/mol. The molecule has 0 aliphatic carbocycles. The van der Waals surface area contributed by atoms with Crippen molar-refractivity contribution in [1.29, 1.82) is 0 Å². The lowest BCUT2D eigenvalue weighted by molar-refractivity contribution is -0.129. The first-order valence-electron chi connectivity index (χ1n) is 6.80. The van der Waals surface area contributed by atoms with Gasteiger partial charge in [-0.15, -0.1) is 6.58 Å². The molecule has 1 aliphatic heterocycles. The SMILES string of the molecule is C=CCC1(C(C)=O)CCN(C(=O)OC(C)(C)C)CC1. The molecule has 0 aromatic heterocycles. The molecule has 4 heteroatoms.